The lowest BCUT2D eigenvalue weighted by molar-refractivity contribution is -0.141. The predicted molar refractivity (Wildman–Crippen MR) is 190 cm³/mol. The van der Waals surface area contributed by atoms with E-state index in [4.69, 9.17) is 17.2 Å². The molecule has 0 aliphatic carbocycles. The number of thiol groups is 1. The molecule has 0 saturated heterocycles. The largest absolute Gasteiger partial charge is 0.480 e. The molecule has 0 saturated carbocycles. The summed E-state index contributed by atoms with van der Waals surface area (Å²) in [6.45, 7) is 0.202. The number of aliphatic imine (C=N–C) groups is 1. The van der Waals surface area contributed by atoms with Crippen molar-refractivity contribution in [2.24, 2.45) is 22.2 Å². The Kier molecular flexibility index (Phi) is 12.7. The molecule has 252 valence electrons. The van der Waals surface area contributed by atoms with E-state index in [-0.39, 0.29) is 37.5 Å². The third-order valence-electron chi connectivity index (χ3n) is 7.92. The number of carbonyl (C=O) groups excluding carboxylic acids is 3. The van der Waals surface area contributed by atoms with Crippen molar-refractivity contribution in [2.45, 2.75) is 49.9 Å². The highest BCUT2D eigenvalue weighted by Gasteiger charge is 2.30. The van der Waals surface area contributed by atoms with Gasteiger partial charge in [-0.05, 0) is 51.9 Å². The Morgan fingerprint density at radius 3 is 2.06 bits per heavy atom. The van der Waals surface area contributed by atoms with E-state index in [2.05, 4.69) is 33.6 Å². The number of hydrogen-bond donors (Lipinski definition) is 8. The second kappa shape index (κ2) is 17.1. The van der Waals surface area contributed by atoms with Gasteiger partial charge in [-0.1, -0.05) is 84.9 Å². The first kappa shape index (κ1) is 35.7. The molecular formula is C35H41N7O5S. The van der Waals surface area contributed by atoms with E-state index < -0.39 is 47.9 Å². The number of fused-ring (bicyclic) bond motifs is 2. The number of carboxylic acids is 1. The van der Waals surface area contributed by atoms with Crippen LogP contribution in [-0.2, 0) is 32.0 Å². The van der Waals surface area contributed by atoms with Crippen LogP contribution in [-0.4, -0.2) is 71.2 Å². The normalized spacial score (nSPS) is 13.5. The van der Waals surface area contributed by atoms with Gasteiger partial charge in [0.25, 0.3) is 0 Å². The predicted octanol–water partition coefficient (Wildman–Crippen LogP) is 1.63. The van der Waals surface area contributed by atoms with Crippen molar-refractivity contribution in [3.63, 3.8) is 0 Å². The minimum absolute atomic E-state index is 0.0496. The lowest BCUT2D eigenvalue weighted by Gasteiger charge is -2.25. The van der Waals surface area contributed by atoms with E-state index in [1.807, 2.05) is 84.9 Å². The van der Waals surface area contributed by atoms with Crippen LogP contribution in [0.2, 0.25) is 0 Å². The molecule has 48 heavy (non-hydrogen) atoms. The van der Waals surface area contributed by atoms with Crippen LogP contribution in [0.3, 0.4) is 0 Å². The molecule has 0 fully saturated rings. The number of carboxylic acid groups (broad SMARTS) is 1. The fourth-order valence-electron chi connectivity index (χ4n) is 5.39. The molecular weight excluding hydrogens is 630 g/mol. The van der Waals surface area contributed by atoms with Gasteiger partial charge < -0.3 is 38.3 Å². The van der Waals surface area contributed by atoms with Crippen LogP contribution >= 0.6 is 12.6 Å². The maximum absolute atomic E-state index is 13.8. The summed E-state index contributed by atoms with van der Waals surface area (Å²) in [4.78, 5) is 56.3. The molecule has 12 nitrogen and oxygen atoms in total. The average Bonchev–Trinajstić information content (AvgIpc) is 3.07. The summed E-state index contributed by atoms with van der Waals surface area (Å²) in [7, 11) is 0. The van der Waals surface area contributed by atoms with Gasteiger partial charge in [-0.25, -0.2) is 4.79 Å². The molecule has 0 bridgehead atoms. The van der Waals surface area contributed by atoms with Crippen molar-refractivity contribution in [3.05, 3.63) is 96.1 Å². The van der Waals surface area contributed by atoms with Crippen LogP contribution in [0.4, 0.5) is 0 Å². The molecule has 0 aromatic heterocycles. The molecule has 0 radical (unpaired) electrons. The first-order valence-corrected chi connectivity index (χ1v) is 16.2. The number of benzene rings is 4. The fourth-order valence-corrected chi connectivity index (χ4v) is 5.64. The molecule has 4 atom stereocenters. The molecule has 0 unspecified atom stereocenters. The van der Waals surface area contributed by atoms with Gasteiger partial charge in [0.1, 0.15) is 18.1 Å². The smallest absolute Gasteiger partial charge is 0.327 e. The zero-order valence-corrected chi connectivity index (χ0v) is 27.2. The molecule has 3 amide bonds. The van der Waals surface area contributed by atoms with Crippen molar-refractivity contribution in [1.82, 2.24) is 16.0 Å². The first-order chi connectivity index (χ1) is 23.0. The number of rotatable bonds is 16. The number of hydrogen-bond acceptors (Lipinski definition) is 7. The molecule has 4 rings (SSSR count). The number of nitrogens with zero attached hydrogens (tertiary/aromatic N) is 1. The zero-order chi connectivity index (χ0) is 34.6. The zero-order valence-electron chi connectivity index (χ0n) is 26.3. The summed E-state index contributed by atoms with van der Waals surface area (Å²) < 4.78 is 0. The van der Waals surface area contributed by atoms with Crippen molar-refractivity contribution in [2.75, 3.05) is 12.3 Å². The molecule has 10 N–H and O–H groups in total. The minimum atomic E-state index is -1.28. The van der Waals surface area contributed by atoms with Crippen LogP contribution in [0.25, 0.3) is 21.5 Å². The van der Waals surface area contributed by atoms with E-state index in [9.17, 15) is 24.3 Å². The van der Waals surface area contributed by atoms with Crippen LogP contribution in [0.15, 0.2) is 89.9 Å². The van der Waals surface area contributed by atoms with Gasteiger partial charge in [0.15, 0.2) is 5.96 Å². The van der Waals surface area contributed by atoms with Gasteiger partial charge in [-0.3, -0.25) is 19.4 Å². The summed E-state index contributed by atoms with van der Waals surface area (Å²) in [5.74, 6) is -3.45. The highest BCUT2D eigenvalue weighted by Crippen LogP contribution is 2.20. The van der Waals surface area contributed by atoms with Gasteiger partial charge in [0, 0.05) is 18.7 Å². The number of amides is 3. The molecule has 0 spiro atoms. The van der Waals surface area contributed by atoms with Crippen LogP contribution in [0, 0.1) is 0 Å². The fraction of sp³-hybridized carbons (Fsp3) is 0.286. The Bertz CT molecular complexity index is 1790. The van der Waals surface area contributed by atoms with Crippen molar-refractivity contribution >= 4 is 63.8 Å². The Morgan fingerprint density at radius 1 is 0.729 bits per heavy atom. The van der Waals surface area contributed by atoms with Crippen molar-refractivity contribution < 1.29 is 24.3 Å². The van der Waals surface area contributed by atoms with Crippen LogP contribution < -0.4 is 33.2 Å². The summed E-state index contributed by atoms with van der Waals surface area (Å²) >= 11 is 4.05. The molecule has 0 aliphatic heterocycles. The summed E-state index contributed by atoms with van der Waals surface area (Å²) in [5, 5.41) is 21.4. The number of nitrogens with one attached hydrogen (secondary N) is 3. The van der Waals surface area contributed by atoms with Gasteiger partial charge in [0.2, 0.25) is 17.7 Å². The Morgan fingerprint density at radius 2 is 1.35 bits per heavy atom. The van der Waals surface area contributed by atoms with Gasteiger partial charge in [-0.15, -0.1) is 0 Å². The minimum Gasteiger partial charge on any atom is -0.480 e. The van der Waals surface area contributed by atoms with Crippen molar-refractivity contribution in [1.29, 1.82) is 0 Å². The summed E-state index contributed by atoms with van der Waals surface area (Å²) in [6.07, 6.45) is 0.741. The summed E-state index contributed by atoms with van der Waals surface area (Å²) in [5.41, 5.74) is 18.8. The summed E-state index contributed by atoms with van der Waals surface area (Å²) in [6, 6.07) is 22.3. The second-order valence-corrected chi connectivity index (χ2v) is 11.9. The average molecular weight is 672 g/mol. The molecule has 13 heteroatoms. The number of guanidine groups is 1. The third-order valence-corrected chi connectivity index (χ3v) is 8.28. The van der Waals surface area contributed by atoms with E-state index in [0.29, 0.717) is 6.42 Å². The van der Waals surface area contributed by atoms with E-state index in [1.54, 1.807) is 0 Å². The Hall–Kier alpha value is -5.14. The van der Waals surface area contributed by atoms with E-state index in [1.165, 1.54) is 0 Å². The molecule has 0 aliphatic rings. The van der Waals surface area contributed by atoms with Gasteiger partial charge in [0.05, 0.1) is 6.04 Å². The number of nitrogens with two attached hydrogens (primary N) is 3. The maximum atomic E-state index is 13.8. The quantitative estimate of drug-likeness (QED) is 0.0378. The van der Waals surface area contributed by atoms with Crippen LogP contribution in [0.5, 0.6) is 0 Å². The Balaban J connectivity index is 1.55. The standard InChI is InChI=1S/C35H41N7O5S/c36-27(18-21-14-15-22-7-1-2-9-24(22)17-21)31(43)40-28(13-6-16-39-35(37)38)32(44)41-29(33(45)42-30(20-48)34(46)47)19-25-11-5-10-23-8-3-4-12-26(23)25/h1-5,7-12,14-15,17,27-30,48H,6,13,16,18-20,36H2,(H,40,43)(H,41,44)(H,42,45)(H,46,47)(H4,37,38,39)/t27-,28-,29-,30-/m0/s1. The lowest BCUT2D eigenvalue weighted by Crippen LogP contribution is -2.58. The van der Waals surface area contributed by atoms with Gasteiger partial charge >= 0.3 is 5.97 Å². The van der Waals surface area contributed by atoms with Crippen molar-refractivity contribution in [3.8, 4) is 0 Å². The maximum Gasteiger partial charge on any atom is 0.327 e. The monoisotopic (exact) mass is 671 g/mol. The molecule has 0 heterocycles. The SMILES string of the molecule is NC(N)=NCCC[C@H](NC(=O)[C@@H](N)Cc1ccc2ccccc2c1)C(=O)N[C@@H](Cc1cccc2ccccc12)C(=O)N[C@@H](CS)C(=O)O. The van der Waals surface area contributed by atoms with Crippen LogP contribution in [0.1, 0.15) is 24.0 Å². The topological polar surface area (TPSA) is 215 Å². The van der Waals surface area contributed by atoms with E-state index >= 15 is 0 Å². The number of carbonyl (C=O) groups is 4. The van der Waals surface area contributed by atoms with Gasteiger partial charge in [-0.2, -0.15) is 12.6 Å². The number of aliphatic carboxylic acids is 1. The second-order valence-electron chi connectivity index (χ2n) is 11.5. The molecule has 4 aromatic carbocycles. The van der Waals surface area contributed by atoms with E-state index in [0.717, 1.165) is 32.7 Å². The highest BCUT2D eigenvalue weighted by molar-refractivity contribution is 7.80. The Labute approximate surface area is 283 Å². The lowest BCUT2D eigenvalue weighted by atomic mass is 9.97. The molecule has 4 aromatic rings. The first-order valence-electron chi connectivity index (χ1n) is 15.6. The highest BCUT2D eigenvalue weighted by atomic mass is 32.1. The third kappa shape index (κ3) is 9.93.